The Kier molecular flexibility index (Phi) is 8.81. The van der Waals surface area contributed by atoms with Crippen molar-refractivity contribution < 1.29 is 8.83 Å². The third kappa shape index (κ3) is 5.93. The van der Waals surface area contributed by atoms with Crippen LogP contribution in [0.4, 0.5) is 34.1 Å². The number of furan rings is 2. The van der Waals surface area contributed by atoms with Gasteiger partial charge in [0.2, 0.25) is 0 Å². The normalized spacial score (nSPS) is 11.6. The molecule has 0 N–H and O–H groups in total. The molecule has 11 aromatic carbocycles. The van der Waals surface area contributed by atoms with Crippen molar-refractivity contribution in [3.05, 3.63) is 243 Å². The number of hydrogen-bond acceptors (Lipinski definition) is 4. The topological polar surface area (TPSA) is 32.8 Å². The molecule has 310 valence electrons. The van der Waals surface area contributed by atoms with Gasteiger partial charge in [-0.1, -0.05) is 206 Å². The fourth-order valence-electron chi connectivity index (χ4n) is 10.1. The quantitative estimate of drug-likeness (QED) is 0.113. The summed E-state index contributed by atoms with van der Waals surface area (Å²) < 4.78 is 14.3. The van der Waals surface area contributed by atoms with Crippen molar-refractivity contribution in [3.63, 3.8) is 0 Å². The van der Waals surface area contributed by atoms with Crippen LogP contribution >= 0.6 is 0 Å². The Morgan fingerprint density at radius 1 is 0.227 bits per heavy atom. The number of benzene rings is 11. The summed E-state index contributed by atoms with van der Waals surface area (Å²) in [6, 6.07) is 86.0. The van der Waals surface area contributed by atoms with E-state index >= 15 is 0 Å². The first kappa shape index (κ1) is 37.7. The molecule has 0 fully saturated rings. The van der Waals surface area contributed by atoms with Crippen molar-refractivity contribution in [3.8, 4) is 22.3 Å². The maximum Gasteiger partial charge on any atom is 0.159 e. The molecule has 0 saturated carbocycles. The molecule has 4 nitrogen and oxygen atoms in total. The molecule has 2 heterocycles. The van der Waals surface area contributed by atoms with E-state index in [1.807, 2.05) is 0 Å². The summed E-state index contributed by atoms with van der Waals surface area (Å²) in [5.74, 6) is 0. The van der Waals surface area contributed by atoms with Gasteiger partial charge >= 0.3 is 0 Å². The Hall–Kier alpha value is -8.86. The zero-order chi connectivity index (χ0) is 43.6. The SMILES string of the molecule is c1ccc(-c2cccc3c2oc2c(N(c4ccccc4)c4c5ccccc5c(N(c5ccccc5)c5cccc6c5oc5c(-c7ccccc7)cccc56)c5ccccc45)cccc23)cc1. The monoisotopic (exact) mass is 844 g/mol. The second kappa shape index (κ2) is 15.4. The number of hydrogen-bond donors (Lipinski definition) is 0. The van der Waals surface area contributed by atoms with E-state index in [4.69, 9.17) is 8.83 Å². The van der Waals surface area contributed by atoms with Crippen molar-refractivity contribution >= 4 is 99.5 Å². The molecule has 0 radical (unpaired) electrons. The molecule has 0 bridgehead atoms. The van der Waals surface area contributed by atoms with Crippen LogP contribution in [0.3, 0.4) is 0 Å². The van der Waals surface area contributed by atoms with Gasteiger partial charge in [0.25, 0.3) is 0 Å². The lowest BCUT2D eigenvalue weighted by molar-refractivity contribution is 0.670. The smallest absolute Gasteiger partial charge is 0.159 e. The van der Waals surface area contributed by atoms with Crippen molar-refractivity contribution in [2.45, 2.75) is 0 Å². The Bertz CT molecular complexity index is 3620. The highest BCUT2D eigenvalue weighted by Gasteiger charge is 2.29. The minimum Gasteiger partial charge on any atom is -0.453 e. The molecular formula is C62H40N2O2. The summed E-state index contributed by atoms with van der Waals surface area (Å²) in [5, 5.41) is 8.68. The van der Waals surface area contributed by atoms with Gasteiger partial charge in [0.05, 0.1) is 22.7 Å². The first-order chi connectivity index (χ1) is 32.8. The van der Waals surface area contributed by atoms with E-state index in [0.717, 1.165) is 122 Å². The summed E-state index contributed by atoms with van der Waals surface area (Å²) in [7, 11) is 0. The lowest BCUT2D eigenvalue weighted by atomic mass is 9.95. The predicted octanol–water partition coefficient (Wildman–Crippen LogP) is 18.1. The van der Waals surface area contributed by atoms with Crippen LogP contribution in [0.1, 0.15) is 0 Å². The number of anilines is 6. The number of nitrogens with zero attached hydrogens (tertiary/aromatic N) is 2. The zero-order valence-electron chi connectivity index (χ0n) is 35.8. The largest absolute Gasteiger partial charge is 0.453 e. The molecule has 0 amide bonds. The van der Waals surface area contributed by atoms with Crippen LogP contribution < -0.4 is 9.80 Å². The average molecular weight is 845 g/mol. The molecule has 4 heteroatoms. The molecule has 0 saturated heterocycles. The number of para-hydroxylation sites is 6. The molecular weight excluding hydrogens is 805 g/mol. The van der Waals surface area contributed by atoms with Crippen molar-refractivity contribution in [2.24, 2.45) is 0 Å². The standard InChI is InChI=1S/C62H40N2O2/c1-5-21-41(22-6-1)45-33-17-35-51-53-37-19-39-55(61(53)65-59(45)51)63(43-25-9-3-10-26-43)57-47-29-13-15-31-49(47)58(50-32-16-14-30-48(50)57)64(44-27-11-4-12-28-44)56-40-20-38-54-52-36-18-34-46(60(52)66-62(54)56)42-23-7-2-8-24-42/h1-40H. The van der Waals surface area contributed by atoms with Crippen LogP contribution in [0.2, 0.25) is 0 Å². The van der Waals surface area contributed by atoms with Gasteiger partial charge in [-0.3, -0.25) is 0 Å². The molecule has 0 spiro atoms. The molecule has 13 aromatic rings. The van der Waals surface area contributed by atoms with Crippen molar-refractivity contribution in [1.82, 2.24) is 0 Å². The van der Waals surface area contributed by atoms with E-state index in [1.54, 1.807) is 0 Å². The minimum absolute atomic E-state index is 0.828. The second-order valence-corrected chi connectivity index (χ2v) is 16.7. The van der Waals surface area contributed by atoms with E-state index in [-0.39, 0.29) is 0 Å². The second-order valence-electron chi connectivity index (χ2n) is 16.7. The zero-order valence-corrected chi connectivity index (χ0v) is 35.8. The molecule has 0 aliphatic heterocycles. The maximum atomic E-state index is 7.14. The third-order valence-electron chi connectivity index (χ3n) is 13.0. The van der Waals surface area contributed by atoms with Crippen LogP contribution in [0.15, 0.2) is 251 Å². The maximum absolute atomic E-state index is 7.14. The lowest BCUT2D eigenvalue weighted by Crippen LogP contribution is -2.14. The summed E-state index contributed by atoms with van der Waals surface area (Å²) in [5.41, 5.74) is 13.9. The highest BCUT2D eigenvalue weighted by molar-refractivity contribution is 6.25. The number of fused-ring (bicyclic) bond motifs is 8. The Morgan fingerprint density at radius 3 is 0.879 bits per heavy atom. The molecule has 66 heavy (non-hydrogen) atoms. The Labute approximate surface area is 381 Å². The Morgan fingerprint density at radius 2 is 0.515 bits per heavy atom. The fraction of sp³-hybridized carbons (Fsp3) is 0. The molecule has 0 aliphatic carbocycles. The molecule has 0 atom stereocenters. The summed E-state index contributed by atoms with van der Waals surface area (Å²) in [4.78, 5) is 4.80. The van der Waals surface area contributed by atoms with Crippen LogP contribution in [0.5, 0.6) is 0 Å². The van der Waals surface area contributed by atoms with Gasteiger partial charge in [-0.2, -0.15) is 0 Å². The van der Waals surface area contributed by atoms with Crippen molar-refractivity contribution in [1.29, 1.82) is 0 Å². The van der Waals surface area contributed by atoms with E-state index in [2.05, 4.69) is 252 Å². The first-order valence-corrected chi connectivity index (χ1v) is 22.4. The summed E-state index contributed by atoms with van der Waals surface area (Å²) >= 11 is 0. The summed E-state index contributed by atoms with van der Waals surface area (Å²) in [6.07, 6.45) is 0. The molecule has 2 aromatic heterocycles. The van der Waals surface area contributed by atoms with Crippen molar-refractivity contribution in [2.75, 3.05) is 9.80 Å². The molecule has 0 aliphatic rings. The Balaban J connectivity index is 1.11. The highest BCUT2D eigenvalue weighted by atomic mass is 16.3. The van der Waals surface area contributed by atoms with Gasteiger partial charge in [0.15, 0.2) is 11.2 Å². The van der Waals surface area contributed by atoms with Gasteiger partial charge < -0.3 is 18.6 Å². The van der Waals surface area contributed by atoms with E-state index < -0.39 is 0 Å². The van der Waals surface area contributed by atoms with E-state index in [0.29, 0.717) is 0 Å². The van der Waals surface area contributed by atoms with Crippen LogP contribution in [-0.2, 0) is 0 Å². The molecule has 13 rings (SSSR count). The van der Waals surface area contributed by atoms with E-state index in [1.165, 1.54) is 0 Å². The van der Waals surface area contributed by atoms with Gasteiger partial charge in [-0.15, -0.1) is 0 Å². The predicted molar refractivity (Wildman–Crippen MR) is 276 cm³/mol. The summed E-state index contributed by atoms with van der Waals surface area (Å²) in [6.45, 7) is 0. The first-order valence-electron chi connectivity index (χ1n) is 22.4. The van der Waals surface area contributed by atoms with Crippen LogP contribution in [-0.4, -0.2) is 0 Å². The van der Waals surface area contributed by atoms with E-state index in [9.17, 15) is 0 Å². The minimum atomic E-state index is 0.828. The highest BCUT2D eigenvalue weighted by Crippen LogP contribution is 2.54. The number of rotatable bonds is 8. The fourth-order valence-corrected chi connectivity index (χ4v) is 10.1. The van der Waals surface area contributed by atoms with Gasteiger partial charge in [-0.25, -0.2) is 0 Å². The lowest BCUT2D eigenvalue weighted by Gasteiger charge is -2.32. The van der Waals surface area contributed by atoms with Gasteiger partial charge in [0, 0.05) is 65.6 Å². The van der Waals surface area contributed by atoms with Gasteiger partial charge in [-0.05, 0) is 47.5 Å². The third-order valence-corrected chi connectivity index (χ3v) is 13.0. The molecule has 0 unspecified atom stereocenters. The van der Waals surface area contributed by atoms with Gasteiger partial charge in [0.1, 0.15) is 11.2 Å². The van der Waals surface area contributed by atoms with Crippen LogP contribution in [0.25, 0.3) is 87.7 Å². The average Bonchev–Trinajstić information content (AvgIpc) is 3.98. The van der Waals surface area contributed by atoms with Crippen LogP contribution in [0, 0.1) is 0 Å².